The Morgan fingerprint density at radius 1 is 1.40 bits per heavy atom. The molecule has 0 aromatic heterocycles. The third-order valence-electron chi connectivity index (χ3n) is 2.04. The molecule has 1 unspecified atom stereocenters. The van der Waals surface area contributed by atoms with Gasteiger partial charge in [-0.1, -0.05) is 29.3 Å². The van der Waals surface area contributed by atoms with Crippen molar-refractivity contribution in [3.8, 4) is 0 Å². The van der Waals surface area contributed by atoms with Gasteiger partial charge in [-0.3, -0.25) is 0 Å². The van der Waals surface area contributed by atoms with E-state index in [-0.39, 0.29) is 0 Å². The Morgan fingerprint density at radius 2 is 1.93 bits per heavy atom. The highest BCUT2D eigenvalue weighted by atomic mass is 35.5. The fraction of sp³-hybridized carbons (Fsp3) is 0.429. The van der Waals surface area contributed by atoms with Gasteiger partial charge in [-0.05, 0) is 6.08 Å². The van der Waals surface area contributed by atoms with Crippen molar-refractivity contribution in [1.82, 2.24) is 0 Å². The molecule has 15 heavy (non-hydrogen) atoms. The number of hydrogen-bond acceptors (Lipinski definition) is 3. The molecule has 0 aromatic carbocycles. The van der Waals surface area contributed by atoms with Gasteiger partial charge in [-0.2, -0.15) is 8.78 Å². The lowest BCUT2D eigenvalue weighted by molar-refractivity contribution is -0.100. The summed E-state index contributed by atoms with van der Waals surface area (Å²) in [7, 11) is -1.38. The second kappa shape index (κ2) is 4.03. The quantitative estimate of drug-likeness (QED) is 0.580. The molecule has 3 nitrogen and oxygen atoms in total. The molecule has 2 N–H and O–H groups in total. The summed E-state index contributed by atoms with van der Waals surface area (Å²) < 4.78 is 31.7. The zero-order valence-corrected chi connectivity index (χ0v) is 9.06. The normalized spacial score (nSPS) is 29.5. The van der Waals surface area contributed by atoms with Crippen LogP contribution in [-0.2, 0) is 4.74 Å². The number of ether oxygens (including phenoxy) is 1. The molecule has 0 heterocycles. The van der Waals surface area contributed by atoms with Crippen molar-refractivity contribution in [2.24, 2.45) is 0 Å². The Bertz CT molecular complexity index is 332. The zero-order valence-electron chi connectivity index (χ0n) is 7.55. The van der Waals surface area contributed by atoms with Gasteiger partial charge in [0.15, 0.2) is 0 Å². The van der Waals surface area contributed by atoms with E-state index in [1.807, 2.05) is 0 Å². The van der Waals surface area contributed by atoms with Crippen molar-refractivity contribution in [3.05, 3.63) is 22.7 Å². The Hall–Kier alpha value is -0.135. The van der Waals surface area contributed by atoms with Crippen LogP contribution < -0.4 is 0 Å². The highest BCUT2D eigenvalue weighted by Crippen LogP contribution is 2.49. The van der Waals surface area contributed by atoms with Crippen LogP contribution in [0.5, 0.6) is 0 Å². The number of methoxy groups -OCH3 is 1. The SMILES string of the molecule is COC1(Cl)C(Cl)=CC=C(B(O)O)C1(F)F. The predicted octanol–water partition coefficient (Wildman–Crippen LogP) is 1.28. The first-order valence-corrected chi connectivity index (χ1v) is 4.59. The minimum absolute atomic E-state index is 0.430. The van der Waals surface area contributed by atoms with E-state index in [0.29, 0.717) is 0 Å². The van der Waals surface area contributed by atoms with E-state index in [2.05, 4.69) is 4.74 Å². The lowest BCUT2D eigenvalue weighted by atomic mass is 9.71. The molecule has 8 heteroatoms. The van der Waals surface area contributed by atoms with Crippen LogP contribution in [0.1, 0.15) is 0 Å². The molecular formula is C7H7BCl2F2O3. The number of hydrogen-bond donors (Lipinski definition) is 2. The standard InChI is InChI=1S/C7H7BCl2F2O3/c1-15-6(10)5(9)3-2-4(8(13)14)7(6,11)12/h2-3,13-14H,1H3. The largest absolute Gasteiger partial charge is 0.490 e. The summed E-state index contributed by atoms with van der Waals surface area (Å²) in [6.45, 7) is 0. The van der Waals surface area contributed by atoms with E-state index < -0.39 is 28.6 Å². The van der Waals surface area contributed by atoms with Crippen LogP contribution >= 0.6 is 23.2 Å². The maximum Gasteiger partial charge on any atom is 0.490 e. The van der Waals surface area contributed by atoms with Crippen LogP contribution in [0.15, 0.2) is 22.7 Å². The lowest BCUT2D eigenvalue weighted by Gasteiger charge is -2.36. The van der Waals surface area contributed by atoms with Crippen molar-refractivity contribution in [2.45, 2.75) is 11.0 Å². The highest BCUT2D eigenvalue weighted by Gasteiger charge is 2.61. The highest BCUT2D eigenvalue weighted by molar-refractivity contribution is 6.52. The van der Waals surface area contributed by atoms with Crippen LogP contribution in [-0.4, -0.2) is 35.3 Å². The van der Waals surface area contributed by atoms with Gasteiger partial charge in [-0.25, -0.2) is 0 Å². The third kappa shape index (κ3) is 1.81. The van der Waals surface area contributed by atoms with E-state index >= 15 is 0 Å². The molecule has 0 fully saturated rings. The number of allylic oxidation sites excluding steroid dienone is 2. The van der Waals surface area contributed by atoms with E-state index in [4.69, 9.17) is 33.2 Å². The topological polar surface area (TPSA) is 49.7 Å². The molecule has 0 radical (unpaired) electrons. The van der Waals surface area contributed by atoms with E-state index in [1.54, 1.807) is 0 Å². The molecule has 1 rings (SSSR count). The minimum Gasteiger partial charge on any atom is -0.423 e. The first kappa shape index (κ1) is 12.9. The van der Waals surface area contributed by atoms with Crippen molar-refractivity contribution in [3.63, 3.8) is 0 Å². The Labute approximate surface area is 95.1 Å². The molecule has 0 saturated carbocycles. The molecule has 0 amide bonds. The zero-order chi connectivity index (χ0) is 11.9. The van der Waals surface area contributed by atoms with Crippen molar-refractivity contribution >= 4 is 30.3 Å². The Kier molecular flexibility index (Phi) is 3.47. The third-order valence-corrected chi connectivity index (χ3v) is 3.13. The van der Waals surface area contributed by atoms with Gasteiger partial charge in [0.2, 0.25) is 5.06 Å². The molecule has 1 aliphatic carbocycles. The predicted molar refractivity (Wildman–Crippen MR) is 52.8 cm³/mol. The summed E-state index contributed by atoms with van der Waals surface area (Å²) in [5.41, 5.74) is -0.969. The summed E-state index contributed by atoms with van der Waals surface area (Å²) >= 11 is 11.0. The van der Waals surface area contributed by atoms with Gasteiger partial charge in [0, 0.05) is 12.6 Å². The van der Waals surface area contributed by atoms with E-state index in [0.717, 1.165) is 19.3 Å². The first-order valence-electron chi connectivity index (χ1n) is 3.83. The van der Waals surface area contributed by atoms with Gasteiger partial charge in [0.1, 0.15) is 0 Å². The maximum absolute atomic E-state index is 13.6. The van der Waals surface area contributed by atoms with Gasteiger partial charge in [0.25, 0.3) is 0 Å². The number of halogens is 4. The van der Waals surface area contributed by atoms with Crippen LogP contribution in [0.2, 0.25) is 0 Å². The summed E-state index contributed by atoms with van der Waals surface area (Å²) in [5.74, 6) is -3.80. The first-order chi connectivity index (χ1) is 6.77. The smallest absolute Gasteiger partial charge is 0.423 e. The molecule has 0 aromatic rings. The number of rotatable bonds is 2. The summed E-state index contributed by atoms with van der Waals surface area (Å²) in [6.07, 6.45) is 1.83. The van der Waals surface area contributed by atoms with Gasteiger partial charge >= 0.3 is 13.0 Å². The summed E-state index contributed by atoms with van der Waals surface area (Å²) in [6, 6.07) is 0. The van der Waals surface area contributed by atoms with Gasteiger partial charge in [0.05, 0.1) is 5.03 Å². The molecule has 84 valence electrons. The molecular weight excluding hydrogens is 252 g/mol. The minimum atomic E-state index is -3.80. The van der Waals surface area contributed by atoms with Crippen LogP contribution in [0, 0.1) is 0 Å². The van der Waals surface area contributed by atoms with Crippen molar-refractivity contribution in [2.75, 3.05) is 7.11 Å². The molecule has 0 spiro atoms. The fourth-order valence-electron chi connectivity index (χ4n) is 1.18. The van der Waals surface area contributed by atoms with Crippen molar-refractivity contribution < 1.29 is 23.6 Å². The summed E-state index contributed by atoms with van der Waals surface area (Å²) in [4.78, 5) is 0. The lowest BCUT2D eigenvalue weighted by Crippen LogP contribution is -2.51. The average Bonchev–Trinajstić information content (AvgIpc) is 2.13. The maximum atomic E-state index is 13.6. The van der Waals surface area contributed by atoms with Gasteiger partial charge in [-0.15, -0.1) is 0 Å². The molecule has 1 atom stereocenters. The molecule has 0 saturated heterocycles. The monoisotopic (exact) mass is 258 g/mol. The van der Waals surface area contributed by atoms with Crippen LogP contribution in [0.4, 0.5) is 8.78 Å². The second-order valence-corrected chi connectivity index (χ2v) is 3.82. The fourth-order valence-corrected chi connectivity index (χ4v) is 1.62. The van der Waals surface area contributed by atoms with Crippen molar-refractivity contribution in [1.29, 1.82) is 0 Å². The Balaban J connectivity index is 3.28. The molecule has 0 aliphatic heterocycles. The van der Waals surface area contributed by atoms with Gasteiger partial charge < -0.3 is 14.8 Å². The second-order valence-electron chi connectivity index (χ2n) is 2.88. The Morgan fingerprint density at radius 3 is 2.33 bits per heavy atom. The van der Waals surface area contributed by atoms with E-state index in [9.17, 15) is 8.78 Å². The summed E-state index contributed by atoms with van der Waals surface area (Å²) in [5, 5.41) is 14.5. The molecule has 1 aliphatic rings. The van der Waals surface area contributed by atoms with Crippen LogP contribution in [0.3, 0.4) is 0 Å². The van der Waals surface area contributed by atoms with E-state index in [1.165, 1.54) is 0 Å². The van der Waals surface area contributed by atoms with Crippen LogP contribution in [0.25, 0.3) is 0 Å². The average molecular weight is 259 g/mol. The number of alkyl halides is 3. The molecule has 0 bridgehead atoms.